The first-order chi connectivity index (χ1) is 8.65. The summed E-state index contributed by atoms with van der Waals surface area (Å²) in [6.07, 6.45) is 2.17. The van der Waals surface area contributed by atoms with E-state index in [1.165, 1.54) is 11.1 Å². The molecule has 1 atom stereocenters. The van der Waals surface area contributed by atoms with Crippen LogP contribution in [0.25, 0.3) is 0 Å². The summed E-state index contributed by atoms with van der Waals surface area (Å²) in [4.78, 5) is 0. The Morgan fingerprint density at radius 2 is 2.06 bits per heavy atom. The van der Waals surface area contributed by atoms with Gasteiger partial charge in [0.05, 0.1) is 14.2 Å². The van der Waals surface area contributed by atoms with Crippen molar-refractivity contribution in [1.29, 1.82) is 0 Å². The second-order valence-electron chi connectivity index (χ2n) is 5.29. The lowest BCUT2D eigenvalue weighted by Gasteiger charge is -2.30. The fourth-order valence-electron chi connectivity index (χ4n) is 2.70. The van der Waals surface area contributed by atoms with Gasteiger partial charge in [-0.25, -0.2) is 0 Å². The van der Waals surface area contributed by atoms with Gasteiger partial charge in [-0.15, -0.1) is 0 Å². The predicted molar refractivity (Wildman–Crippen MR) is 73.4 cm³/mol. The quantitative estimate of drug-likeness (QED) is 0.890. The zero-order valence-electron chi connectivity index (χ0n) is 11.7. The SMILES string of the molecule is COc1cc2c(c(OC)c1)C(CC(C)C)NCC2. The van der Waals surface area contributed by atoms with Crippen LogP contribution in [-0.2, 0) is 6.42 Å². The fourth-order valence-corrected chi connectivity index (χ4v) is 2.70. The number of methoxy groups -OCH3 is 2. The maximum Gasteiger partial charge on any atom is 0.127 e. The Balaban J connectivity index is 2.41. The molecule has 0 amide bonds. The molecule has 3 heteroatoms. The average molecular weight is 249 g/mol. The van der Waals surface area contributed by atoms with Crippen LogP contribution in [0.1, 0.15) is 37.4 Å². The van der Waals surface area contributed by atoms with Crippen molar-refractivity contribution in [2.45, 2.75) is 32.7 Å². The molecule has 1 aliphatic heterocycles. The molecular formula is C15H23NO2. The largest absolute Gasteiger partial charge is 0.497 e. The number of hydrogen-bond donors (Lipinski definition) is 1. The van der Waals surface area contributed by atoms with Gasteiger partial charge in [0, 0.05) is 17.7 Å². The summed E-state index contributed by atoms with van der Waals surface area (Å²) in [6.45, 7) is 5.54. The number of benzene rings is 1. The smallest absolute Gasteiger partial charge is 0.127 e. The minimum absolute atomic E-state index is 0.398. The molecule has 0 saturated heterocycles. The maximum absolute atomic E-state index is 5.55. The van der Waals surface area contributed by atoms with Crippen molar-refractivity contribution in [2.24, 2.45) is 5.92 Å². The van der Waals surface area contributed by atoms with Gasteiger partial charge in [0.15, 0.2) is 0 Å². The fraction of sp³-hybridized carbons (Fsp3) is 0.600. The van der Waals surface area contributed by atoms with Crippen molar-refractivity contribution in [3.63, 3.8) is 0 Å². The van der Waals surface area contributed by atoms with E-state index in [2.05, 4.69) is 25.2 Å². The summed E-state index contributed by atoms with van der Waals surface area (Å²) in [5.74, 6) is 2.50. The Hall–Kier alpha value is -1.22. The molecule has 0 aromatic heterocycles. The van der Waals surface area contributed by atoms with Gasteiger partial charge in [-0.3, -0.25) is 0 Å². The lowest BCUT2D eigenvalue weighted by Crippen LogP contribution is -2.31. The van der Waals surface area contributed by atoms with Crippen LogP contribution in [0.3, 0.4) is 0 Å². The molecule has 1 aromatic carbocycles. The molecule has 0 aliphatic carbocycles. The summed E-state index contributed by atoms with van der Waals surface area (Å²) in [7, 11) is 3.43. The van der Waals surface area contributed by atoms with Crippen molar-refractivity contribution in [1.82, 2.24) is 5.32 Å². The first-order valence-electron chi connectivity index (χ1n) is 6.64. The van der Waals surface area contributed by atoms with Crippen LogP contribution in [0.4, 0.5) is 0 Å². The average Bonchev–Trinajstić information content (AvgIpc) is 2.36. The summed E-state index contributed by atoms with van der Waals surface area (Å²) in [5.41, 5.74) is 2.67. The van der Waals surface area contributed by atoms with E-state index >= 15 is 0 Å². The molecule has 0 spiro atoms. The van der Waals surface area contributed by atoms with Gasteiger partial charge in [-0.05, 0) is 36.9 Å². The molecule has 0 fully saturated rings. The van der Waals surface area contributed by atoms with E-state index in [9.17, 15) is 0 Å². The monoisotopic (exact) mass is 249 g/mol. The summed E-state index contributed by atoms with van der Waals surface area (Å²) >= 11 is 0. The van der Waals surface area contributed by atoms with Gasteiger partial charge in [0.2, 0.25) is 0 Å². The molecule has 1 aromatic rings. The zero-order chi connectivity index (χ0) is 13.1. The topological polar surface area (TPSA) is 30.5 Å². The highest BCUT2D eigenvalue weighted by atomic mass is 16.5. The second-order valence-corrected chi connectivity index (χ2v) is 5.29. The first-order valence-corrected chi connectivity index (χ1v) is 6.64. The summed E-state index contributed by atoms with van der Waals surface area (Å²) < 4.78 is 10.9. The van der Waals surface area contributed by atoms with Gasteiger partial charge in [0.25, 0.3) is 0 Å². The highest BCUT2D eigenvalue weighted by molar-refractivity contribution is 5.49. The Bertz CT molecular complexity index is 398. The molecule has 1 N–H and O–H groups in total. The van der Waals surface area contributed by atoms with Crippen molar-refractivity contribution in [2.75, 3.05) is 20.8 Å². The van der Waals surface area contributed by atoms with E-state index in [0.29, 0.717) is 12.0 Å². The van der Waals surface area contributed by atoms with Crippen LogP contribution in [0.2, 0.25) is 0 Å². The molecular weight excluding hydrogens is 226 g/mol. The van der Waals surface area contributed by atoms with Crippen LogP contribution in [0.15, 0.2) is 12.1 Å². The predicted octanol–water partition coefficient (Wildman–Crippen LogP) is 2.94. The Morgan fingerprint density at radius 3 is 2.67 bits per heavy atom. The van der Waals surface area contributed by atoms with E-state index < -0.39 is 0 Å². The van der Waals surface area contributed by atoms with Crippen molar-refractivity contribution in [3.05, 3.63) is 23.3 Å². The van der Waals surface area contributed by atoms with Gasteiger partial charge in [-0.1, -0.05) is 13.8 Å². The van der Waals surface area contributed by atoms with Gasteiger partial charge < -0.3 is 14.8 Å². The molecule has 3 nitrogen and oxygen atoms in total. The Morgan fingerprint density at radius 1 is 1.28 bits per heavy atom. The van der Waals surface area contributed by atoms with Crippen LogP contribution >= 0.6 is 0 Å². The minimum atomic E-state index is 0.398. The van der Waals surface area contributed by atoms with Gasteiger partial charge in [-0.2, -0.15) is 0 Å². The highest BCUT2D eigenvalue weighted by Crippen LogP contribution is 2.38. The summed E-state index contributed by atoms with van der Waals surface area (Å²) in [5, 5.41) is 3.60. The number of hydrogen-bond acceptors (Lipinski definition) is 3. The van der Waals surface area contributed by atoms with Crippen molar-refractivity contribution >= 4 is 0 Å². The Kier molecular flexibility index (Phi) is 4.12. The van der Waals surface area contributed by atoms with Crippen molar-refractivity contribution in [3.8, 4) is 11.5 Å². The number of rotatable bonds is 4. The number of ether oxygens (including phenoxy) is 2. The summed E-state index contributed by atoms with van der Waals surface area (Å²) in [6, 6.07) is 4.53. The maximum atomic E-state index is 5.55. The van der Waals surface area contributed by atoms with E-state index in [0.717, 1.165) is 30.9 Å². The van der Waals surface area contributed by atoms with Gasteiger partial charge in [0.1, 0.15) is 11.5 Å². The Labute approximate surface area is 109 Å². The molecule has 18 heavy (non-hydrogen) atoms. The lowest BCUT2D eigenvalue weighted by molar-refractivity contribution is 0.362. The van der Waals surface area contributed by atoms with E-state index in [1.807, 2.05) is 6.07 Å². The van der Waals surface area contributed by atoms with Crippen molar-refractivity contribution < 1.29 is 9.47 Å². The number of nitrogens with one attached hydrogen (secondary N) is 1. The van der Waals surface area contributed by atoms with E-state index in [-0.39, 0.29) is 0 Å². The standard InChI is InChI=1S/C15H23NO2/c1-10(2)7-13-15-11(5-6-16-13)8-12(17-3)9-14(15)18-4/h8-10,13,16H,5-7H2,1-4H3. The molecule has 0 bridgehead atoms. The van der Waals surface area contributed by atoms with E-state index in [1.54, 1.807) is 14.2 Å². The zero-order valence-corrected chi connectivity index (χ0v) is 11.7. The third kappa shape index (κ3) is 2.61. The number of fused-ring (bicyclic) bond motifs is 1. The molecule has 1 aliphatic rings. The molecule has 2 rings (SSSR count). The lowest BCUT2D eigenvalue weighted by atomic mass is 9.88. The van der Waals surface area contributed by atoms with Crippen LogP contribution in [0, 0.1) is 5.92 Å². The van der Waals surface area contributed by atoms with Gasteiger partial charge >= 0.3 is 0 Å². The third-order valence-electron chi connectivity index (χ3n) is 3.50. The third-order valence-corrected chi connectivity index (χ3v) is 3.50. The van der Waals surface area contributed by atoms with E-state index in [4.69, 9.17) is 9.47 Å². The second kappa shape index (κ2) is 5.61. The molecule has 100 valence electrons. The molecule has 1 heterocycles. The normalized spacial score (nSPS) is 18.6. The highest BCUT2D eigenvalue weighted by Gasteiger charge is 2.25. The minimum Gasteiger partial charge on any atom is -0.497 e. The molecule has 0 saturated carbocycles. The van der Waals surface area contributed by atoms with Crippen LogP contribution in [-0.4, -0.2) is 20.8 Å². The van der Waals surface area contributed by atoms with Crippen LogP contribution in [0.5, 0.6) is 11.5 Å². The molecule has 0 radical (unpaired) electrons. The van der Waals surface area contributed by atoms with Crippen LogP contribution < -0.4 is 14.8 Å². The first kappa shape index (κ1) is 13.2. The molecule has 1 unspecified atom stereocenters.